The summed E-state index contributed by atoms with van der Waals surface area (Å²) in [5.74, 6) is 0. The summed E-state index contributed by atoms with van der Waals surface area (Å²) in [7, 11) is 0. The molecule has 0 aromatic heterocycles. The quantitative estimate of drug-likeness (QED) is 0.577. The third-order valence-corrected chi connectivity index (χ3v) is 2.19. The van der Waals surface area contributed by atoms with E-state index in [2.05, 4.69) is 32.7 Å². The van der Waals surface area contributed by atoms with Gasteiger partial charge in [0.1, 0.15) is 0 Å². The Morgan fingerprint density at radius 1 is 1.42 bits per heavy atom. The zero-order valence-corrected chi connectivity index (χ0v) is 8.82. The highest BCUT2D eigenvalue weighted by molar-refractivity contribution is 4.95. The van der Waals surface area contributed by atoms with Crippen molar-refractivity contribution in [2.24, 2.45) is 0 Å². The van der Waals surface area contributed by atoms with E-state index in [-0.39, 0.29) is 0 Å². The van der Waals surface area contributed by atoms with Crippen LogP contribution in [0.3, 0.4) is 0 Å². The Labute approximate surface area is 77.2 Å². The second-order valence-corrected chi connectivity index (χ2v) is 3.53. The fourth-order valence-corrected chi connectivity index (χ4v) is 1.06. The van der Waals surface area contributed by atoms with E-state index in [1.54, 1.807) is 0 Å². The van der Waals surface area contributed by atoms with Crippen LogP contribution in [0.1, 0.15) is 46.5 Å². The molecule has 0 fully saturated rings. The van der Waals surface area contributed by atoms with Gasteiger partial charge in [-0.3, -0.25) is 0 Å². The average Bonchev–Trinajstić information content (AvgIpc) is 2.10. The zero-order valence-electron chi connectivity index (χ0n) is 8.82. The Morgan fingerprint density at radius 2 is 2.08 bits per heavy atom. The van der Waals surface area contributed by atoms with Crippen LogP contribution in [-0.2, 0) is 0 Å². The van der Waals surface area contributed by atoms with Crippen LogP contribution in [0.2, 0.25) is 0 Å². The Bertz CT molecular complexity index is 118. The molecule has 0 saturated heterocycles. The molecule has 12 heavy (non-hydrogen) atoms. The molecule has 0 radical (unpaired) electrons. The summed E-state index contributed by atoms with van der Waals surface area (Å²) in [6.45, 7) is 11.6. The maximum absolute atomic E-state index is 3.96. The smallest absolute Gasteiger partial charge is 0.0164 e. The summed E-state index contributed by atoms with van der Waals surface area (Å²) in [4.78, 5) is 0. The lowest BCUT2D eigenvalue weighted by Crippen LogP contribution is -2.27. The minimum atomic E-state index is 0.647. The summed E-state index contributed by atoms with van der Waals surface area (Å²) in [5.41, 5.74) is 1.30. The van der Waals surface area contributed by atoms with Crippen LogP contribution in [0.5, 0.6) is 0 Å². The van der Waals surface area contributed by atoms with Crippen LogP contribution < -0.4 is 5.32 Å². The molecule has 0 spiro atoms. The molecule has 0 aromatic carbocycles. The maximum Gasteiger partial charge on any atom is 0.0164 e. The van der Waals surface area contributed by atoms with Gasteiger partial charge < -0.3 is 5.32 Å². The molecule has 1 heteroatoms. The van der Waals surface area contributed by atoms with Gasteiger partial charge in [-0.25, -0.2) is 0 Å². The number of nitrogens with one attached hydrogen (secondary N) is 1. The molecular formula is C11H23N. The Morgan fingerprint density at radius 3 is 2.58 bits per heavy atom. The number of hydrogen-bond donors (Lipinski definition) is 1. The van der Waals surface area contributed by atoms with Gasteiger partial charge in [-0.05, 0) is 19.8 Å². The normalized spacial score (nSPS) is 12.9. The molecule has 0 aromatic rings. The Kier molecular flexibility index (Phi) is 7.17. The largest absolute Gasteiger partial charge is 0.311 e. The molecule has 1 unspecified atom stereocenters. The highest BCUT2D eigenvalue weighted by Crippen LogP contribution is 2.01. The van der Waals surface area contributed by atoms with Gasteiger partial charge in [0.25, 0.3) is 0 Å². The second kappa shape index (κ2) is 7.35. The molecule has 1 N–H and O–H groups in total. The van der Waals surface area contributed by atoms with E-state index in [4.69, 9.17) is 0 Å². The highest BCUT2D eigenvalue weighted by Gasteiger charge is 1.99. The number of unbranched alkanes of at least 4 members (excludes halogenated alkanes) is 1. The molecule has 0 aliphatic rings. The van der Waals surface area contributed by atoms with Crippen LogP contribution in [0, 0.1) is 0 Å². The van der Waals surface area contributed by atoms with E-state index in [1.165, 1.54) is 24.8 Å². The van der Waals surface area contributed by atoms with E-state index < -0.39 is 0 Å². The minimum absolute atomic E-state index is 0.647. The van der Waals surface area contributed by atoms with Crippen molar-refractivity contribution in [3.05, 3.63) is 12.2 Å². The first kappa shape index (κ1) is 11.7. The van der Waals surface area contributed by atoms with Gasteiger partial charge in [-0.15, -0.1) is 0 Å². The lowest BCUT2D eigenvalue weighted by atomic mass is 10.1. The first-order valence-electron chi connectivity index (χ1n) is 5.10. The van der Waals surface area contributed by atoms with Gasteiger partial charge in [0.2, 0.25) is 0 Å². The topological polar surface area (TPSA) is 12.0 Å². The lowest BCUT2D eigenvalue weighted by Gasteiger charge is -2.13. The van der Waals surface area contributed by atoms with Crippen LogP contribution in [0.4, 0.5) is 0 Å². The predicted octanol–water partition coefficient (Wildman–Crippen LogP) is 3.12. The highest BCUT2D eigenvalue weighted by atomic mass is 14.9. The van der Waals surface area contributed by atoms with Crippen LogP contribution in [-0.4, -0.2) is 12.6 Å². The van der Waals surface area contributed by atoms with Crippen molar-refractivity contribution in [2.45, 2.75) is 52.5 Å². The Hall–Kier alpha value is -0.300. The van der Waals surface area contributed by atoms with E-state index in [9.17, 15) is 0 Å². The van der Waals surface area contributed by atoms with Gasteiger partial charge in [0.05, 0.1) is 0 Å². The van der Waals surface area contributed by atoms with E-state index >= 15 is 0 Å². The fraction of sp³-hybridized carbons (Fsp3) is 0.818. The number of rotatable bonds is 7. The molecule has 1 atom stereocenters. The molecular weight excluding hydrogens is 146 g/mol. The van der Waals surface area contributed by atoms with E-state index in [0.717, 1.165) is 13.0 Å². The third-order valence-electron chi connectivity index (χ3n) is 2.19. The van der Waals surface area contributed by atoms with Crippen molar-refractivity contribution < 1.29 is 0 Å². The van der Waals surface area contributed by atoms with Crippen molar-refractivity contribution in [2.75, 3.05) is 6.54 Å². The molecule has 72 valence electrons. The average molecular weight is 169 g/mol. The van der Waals surface area contributed by atoms with Crippen molar-refractivity contribution in [3.63, 3.8) is 0 Å². The predicted molar refractivity (Wildman–Crippen MR) is 56.4 cm³/mol. The van der Waals surface area contributed by atoms with Gasteiger partial charge in [-0.1, -0.05) is 38.8 Å². The maximum atomic E-state index is 3.96. The van der Waals surface area contributed by atoms with Gasteiger partial charge in [-0.2, -0.15) is 0 Å². The first-order valence-corrected chi connectivity index (χ1v) is 5.10. The van der Waals surface area contributed by atoms with E-state index in [1.807, 2.05) is 0 Å². The van der Waals surface area contributed by atoms with Gasteiger partial charge >= 0.3 is 0 Å². The van der Waals surface area contributed by atoms with Crippen LogP contribution in [0.15, 0.2) is 12.2 Å². The summed E-state index contributed by atoms with van der Waals surface area (Å²) >= 11 is 0. The van der Waals surface area contributed by atoms with E-state index in [0.29, 0.717) is 6.04 Å². The van der Waals surface area contributed by atoms with Crippen molar-refractivity contribution in [3.8, 4) is 0 Å². The summed E-state index contributed by atoms with van der Waals surface area (Å²) in [6.07, 6.45) is 4.99. The summed E-state index contributed by atoms with van der Waals surface area (Å²) < 4.78 is 0. The van der Waals surface area contributed by atoms with Gasteiger partial charge in [0, 0.05) is 12.6 Å². The number of hydrogen-bond acceptors (Lipinski definition) is 1. The SMILES string of the molecule is C=C(CC)CNC(C)CCCC. The third kappa shape index (κ3) is 6.41. The van der Waals surface area contributed by atoms with Crippen molar-refractivity contribution in [1.29, 1.82) is 0 Å². The summed E-state index contributed by atoms with van der Waals surface area (Å²) in [5, 5.41) is 3.47. The first-order chi connectivity index (χ1) is 5.70. The monoisotopic (exact) mass is 169 g/mol. The molecule has 0 heterocycles. The second-order valence-electron chi connectivity index (χ2n) is 3.53. The summed E-state index contributed by atoms with van der Waals surface area (Å²) in [6, 6.07) is 0.647. The van der Waals surface area contributed by atoms with Crippen molar-refractivity contribution in [1.82, 2.24) is 5.32 Å². The van der Waals surface area contributed by atoms with Crippen LogP contribution in [0.25, 0.3) is 0 Å². The molecule has 0 bridgehead atoms. The fourth-order valence-electron chi connectivity index (χ4n) is 1.06. The van der Waals surface area contributed by atoms with Crippen LogP contribution >= 0.6 is 0 Å². The lowest BCUT2D eigenvalue weighted by molar-refractivity contribution is 0.512. The molecule has 0 aliphatic carbocycles. The van der Waals surface area contributed by atoms with Crippen molar-refractivity contribution >= 4 is 0 Å². The Balaban J connectivity index is 3.30. The molecule has 0 aliphatic heterocycles. The standard InChI is InChI=1S/C11H23N/c1-5-7-8-11(4)12-9-10(3)6-2/h11-12H,3,5-9H2,1-2,4H3. The molecule has 0 saturated carbocycles. The zero-order chi connectivity index (χ0) is 9.40. The molecule has 0 amide bonds. The minimum Gasteiger partial charge on any atom is -0.311 e. The van der Waals surface area contributed by atoms with Gasteiger partial charge in [0.15, 0.2) is 0 Å². The molecule has 1 nitrogen and oxygen atoms in total. The molecule has 0 rings (SSSR count).